The molecule has 0 saturated heterocycles. The van der Waals surface area contributed by atoms with Crippen LogP contribution in [0.5, 0.6) is 0 Å². The van der Waals surface area contributed by atoms with Crippen LogP contribution in [-0.4, -0.2) is 43.9 Å². The molecule has 0 unspecified atom stereocenters. The van der Waals surface area contributed by atoms with Gasteiger partial charge in [0.1, 0.15) is 0 Å². The van der Waals surface area contributed by atoms with Crippen LogP contribution < -0.4 is 59.1 Å². The van der Waals surface area contributed by atoms with Crippen LogP contribution in [-0.2, 0) is 31.5 Å². The number of carboxylic acids is 3. The summed E-state index contributed by atoms with van der Waals surface area (Å²) in [5.74, 6) is -5.02. The van der Waals surface area contributed by atoms with Gasteiger partial charge < -0.3 is 23.3 Å². The first-order valence-corrected chi connectivity index (χ1v) is 3.17. The number of hydrogen-bond donors (Lipinski definition) is 4. The molecule has 0 spiro atoms. The normalized spacial score (nSPS) is 8.81. The maximum atomic E-state index is 10.3. The fourth-order valence-electron chi connectivity index (χ4n) is 0.714. The summed E-state index contributed by atoms with van der Waals surface area (Å²) in [6.45, 7) is 0. The van der Waals surface area contributed by atoms with Gasteiger partial charge in [0.25, 0.3) is 0 Å². The predicted molar refractivity (Wildman–Crippen MR) is 39.3 cm³/mol. The maximum Gasteiger partial charge on any atom is 1.00 e. The van der Waals surface area contributed by atoms with Gasteiger partial charge in [-0.25, -0.2) is 4.79 Å². The second-order valence-corrected chi connectivity index (χ2v) is 2.48. The van der Waals surface area contributed by atoms with Gasteiger partial charge in [-0.2, -0.15) is 0 Å². The molecule has 0 atom stereocenters. The molecule has 0 saturated carbocycles. The smallest absolute Gasteiger partial charge is 1.00 e. The molecule has 7 nitrogen and oxygen atoms in total. The van der Waals surface area contributed by atoms with Gasteiger partial charge in [0.15, 0.2) is 5.60 Å². The molecule has 0 fully saturated rings. The molecule has 10 heteroatoms. The van der Waals surface area contributed by atoms with Crippen LogP contribution in [0.3, 0.4) is 0 Å². The van der Waals surface area contributed by atoms with Gasteiger partial charge in [-0.1, -0.05) is 0 Å². The van der Waals surface area contributed by atoms with Crippen molar-refractivity contribution in [2.24, 2.45) is 0 Å². The van der Waals surface area contributed by atoms with Gasteiger partial charge in [-0.05, 0) is 0 Å². The third-order valence-corrected chi connectivity index (χ3v) is 1.29. The van der Waals surface area contributed by atoms with Gasteiger partial charge in [0, 0.05) is 17.1 Å². The fourth-order valence-corrected chi connectivity index (χ4v) is 0.714. The van der Waals surface area contributed by atoms with Crippen molar-refractivity contribution >= 4 is 17.9 Å². The maximum absolute atomic E-state index is 10.3. The summed E-state index contributed by atoms with van der Waals surface area (Å²) in [6, 6.07) is 0. The molecule has 0 aromatic heterocycles. The van der Waals surface area contributed by atoms with E-state index in [1.54, 1.807) is 0 Å². The molecule has 0 rings (SSSR count). The molecule has 0 aromatic rings. The molecular formula is C6H10FeNa2O7. The standard InChI is InChI=1S/C6H8O7.Fe.2Na.2H/c7-3(8)1-6(13,5(11)12)2-4(9)10;;;;;/h13H,1-2H2,(H,7,8)(H,9,10)(H,11,12);;;;;/q;;2*+1;2*-1. The summed E-state index contributed by atoms with van der Waals surface area (Å²) in [6.07, 6.45) is -2.29. The van der Waals surface area contributed by atoms with Crippen LogP contribution >= 0.6 is 0 Å². The first kappa shape index (κ1) is 25.7. The number of carboxylic acid groups (broad SMARTS) is 3. The SMILES string of the molecule is O=C(O)CC(O)(CC(=O)O)C(=O)O.[Fe].[H-].[H-].[Na+].[Na+]. The van der Waals surface area contributed by atoms with Crippen molar-refractivity contribution in [2.75, 3.05) is 0 Å². The van der Waals surface area contributed by atoms with Crippen molar-refractivity contribution in [1.29, 1.82) is 0 Å². The molecule has 0 aliphatic carbocycles. The average molecular weight is 296 g/mol. The van der Waals surface area contributed by atoms with E-state index in [1.807, 2.05) is 0 Å². The van der Waals surface area contributed by atoms with E-state index in [9.17, 15) is 14.4 Å². The van der Waals surface area contributed by atoms with E-state index < -0.39 is 36.4 Å². The molecule has 0 aliphatic heterocycles. The molecule has 16 heavy (non-hydrogen) atoms. The van der Waals surface area contributed by atoms with Crippen molar-refractivity contribution < 1.29 is 114 Å². The van der Waals surface area contributed by atoms with Crippen LogP contribution in [0, 0.1) is 0 Å². The number of aliphatic hydroxyl groups is 1. The Bertz CT molecular complexity index is 250. The Labute approximate surface area is 149 Å². The summed E-state index contributed by atoms with van der Waals surface area (Å²) >= 11 is 0. The Morgan fingerprint density at radius 3 is 1.31 bits per heavy atom. The van der Waals surface area contributed by atoms with Crippen LogP contribution in [0.1, 0.15) is 15.7 Å². The monoisotopic (exact) mass is 296 g/mol. The van der Waals surface area contributed by atoms with Crippen molar-refractivity contribution in [1.82, 2.24) is 0 Å². The average Bonchev–Trinajstić information content (AvgIpc) is 1.82. The minimum absolute atomic E-state index is 0. The van der Waals surface area contributed by atoms with Crippen LogP contribution in [0.2, 0.25) is 0 Å². The molecule has 0 radical (unpaired) electrons. The van der Waals surface area contributed by atoms with E-state index in [2.05, 4.69) is 0 Å². The minimum atomic E-state index is -2.74. The third-order valence-electron chi connectivity index (χ3n) is 1.29. The molecule has 0 aliphatic rings. The number of carbonyl (C=O) groups is 3. The Balaban J connectivity index is -0.0000000720. The Morgan fingerprint density at radius 1 is 0.938 bits per heavy atom. The minimum Gasteiger partial charge on any atom is -1.00 e. The second-order valence-electron chi connectivity index (χ2n) is 2.48. The largest absolute Gasteiger partial charge is 1.00 e. The fraction of sp³-hybridized carbons (Fsp3) is 0.500. The topological polar surface area (TPSA) is 132 Å². The van der Waals surface area contributed by atoms with Crippen LogP contribution in [0.25, 0.3) is 0 Å². The van der Waals surface area contributed by atoms with E-state index in [0.29, 0.717) is 0 Å². The molecule has 86 valence electrons. The van der Waals surface area contributed by atoms with Crippen LogP contribution in [0.4, 0.5) is 0 Å². The summed E-state index contributed by atoms with van der Waals surface area (Å²) < 4.78 is 0. The summed E-state index contributed by atoms with van der Waals surface area (Å²) in [4.78, 5) is 30.5. The summed E-state index contributed by atoms with van der Waals surface area (Å²) in [7, 11) is 0. The number of hydrogen-bond acceptors (Lipinski definition) is 4. The molecule has 0 bridgehead atoms. The molecule has 0 amide bonds. The zero-order valence-corrected chi connectivity index (χ0v) is 13.9. The second kappa shape index (κ2) is 11.0. The zero-order chi connectivity index (χ0) is 10.6. The first-order chi connectivity index (χ1) is 5.78. The van der Waals surface area contributed by atoms with Gasteiger partial charge in [0.2, 0.25) is 0 Å². The van der Waals surface area contributed by atoms with Gasteiger partial charge in [0.05, 0.1) is 12.8 Å². The first-order valence-electron chi connectivity index (χ1n) is 3.17. The van der Waals surface area contributed by atoms with Crippen molar-refractivity contribution in [2.45, 2.75) is 18.4 Å². The Hall–Kier alpha value is 0.889. The van der Waals surface area contributed by atoms with E-state index in [0.717, 1.165) is 0 Å². The third kappa shape index (κ3) is 10.1. The molecule has 0 heterocycles. The molecule has 4 N–H and O–H groups in total. The van der Waals surface area contributed by atoms with E-state index in [1.165, 1.54) is 0 Å². The zero-order valence-electron chi connectivity index (χ0n) is 10.8. The van der Waals surface area contributed by atoms with Gasteiger partial charge in [-0.15, -0.1) is 0 Å². The van der Waals surface area contributed by atoms with E-state index in [-0.39, 0.29) is 79.0 Å². The van der Waals surface area contributed by atoms with E-state index >= 15 is 0 Å². The quantitative estimate of drug-likeness (QED) is 0.371. The number of aliphatic carboxylic acids is 3. The van der Waals surface area contributed by atoms with Crippen molar-refractivity contribution in [3.8, 4) is 0 Å². The Kier molecular flexibility index (Phi) is 17.7. The van der Waals surface area contributed by atoms with E-state index in [4.69, 9.17) is 20.4 Å². The predicted octanol–water partition coefficient (Wildman–Crippen LogP) is -7.02. The molecular weight excluding hydrogens is 286 g/mol. The van der Waals surface area contributed by atoms with Gasteiger partial charge >= 0.3 is 77.0 Å². The summed E-state index contributed by atoms with van der Waals surface area (Å²) in [5.41, 5.74) is -2.74. The van der Waals surface area contributed by atoms with Crippen molar-refractivity contribution in [3.05, 3.63) is 0 Å². The summed E-state index contributed by atoms with van der Waals surface area (Å²) in [5, 5.41) is 33.8. The van der Waals surface area contributed by atoms with Crippen LogP contribution in [0.15, 0.2) is 0 Å². The van der Waals surface area contributed by atoms with Crippen molar-refractivity contribution in [3.63, 3.8) is 0 Å². The molecule has 0 aromatic carbocycles. The Morgan fingerprint density at radius 2 is 1.19 bits per heavy atom. The number of rotatable bonds is 5. The van der Waals surface area contributed by atoms with Gasteiger partial charge in [-0.3, -0.25) is 9.59 Å².